The first kappa shape index (κ1) is 32.5. The number of benzene rings is 3. The number of nitrogens with zero attached hydrogens (tertiary/aromatic N) is 2. The Bertz CT molecular complexity index is 1470. The Labute approximate surface area is 249 Å². The summed E-state index contributed by atoms with van der Waals surface area (Å²) in [7, 11) is -1.37. The number of carbonyl (C=O) groups is 2. The first-order chi connectivity index (χ1) is 19.9. The predicted molar refractivity (Wildman–Crippen MR) is 164 cm³/mol. The van der Waals surface area contributed by atoms with Crippen molar-refractivity contribution >= 4 is 27.5 Å². The maximum atomic E-state index is 14.1. The zero-order valence-corrected chi connectivity index (χ0v) is 26.2. The van der Waals surface area contributed by atoms with Crippen LogP contribution in [0.1, 0.15) is 37.5 Å². The summed E-state index contributed by atoms with van der Waals surface area (Å²) in [6.45, 7) is 9.55. The van der Waals surface area contributed by atoms with E-state index in [1.807, 2.05) is 52.0 Å². The SMILES string of the molecule is COc1ccc(S(=O)(=O)N(CC(=O)N(Cc2ccc(C)cc2)[C@H](C)C(=O)NCC(C)C)c2ccc(C)cc2)cc1OC. The molecular weight excluding hydrogens is 554 g/mol. The molecule has 0 saturated carbocycles. The molecule has 0 saturated heterocycles. The predicted octanol–water partition coefficient (Wildman–Crippen LogP) is 4.71. The fourth-order valence-electron chi connectivity index (χ4n) is 4.27. The number of aryl methyl sites for hydroxylation is 2. The molecule has 0 aromatic heterocycles. The molecule has 10 heteroatoms. The summed E-state index contributed by atoms with van der Waals surface area (Å²) in [4.78, 5) is 28.5. The van der Waals surface area contributed by atoms with Gasteiger partial charge in [0.1, 0.15) is 12.6 Å². The molecule has 2 amide bonds. The van der Waals surface area contributed by atoms with E-state index >= 15 is 0 Å². The average molecular weight is 596 g/mol. The summed E-state index contributed by atoms with van der Waals surface area (Å²) < 4.78 is 39.9. The number of nitrogens with one attached hydrogen (secondary N) is 1. The molecule has 3 rings (SSSR count). The fraction of sp³-hybridized carbons (Fsp3) is 0.375. The molecule has 0 unspecified atom stereocenters. The van der Waals surface area contributed by atoms with Crippen LogP contribution in [0.2, 0.25) is 0 Å². The van der Waals surface area contributed by atoms with Crippen molar-refractivity contribution in [3.8, 4) is 11.5 Å². The minimum atomic E-state index is -4.25. The van der Waals surface area contributed by atoms with E-state index in [1.54, 1.807) is 31.2 Å². The van der Waals surface area contributed by atoms with Crippen LogP contribution in [0.25, 0.3) is 0 Å². The monoisotopic (exact) mass is 595 g/mol. The van der Waals surface area contributed by atoms with Crippen LogP contribution in [0.3, 0.4) is 0 Å². The molecule has 0 aliphatic carbocycles. The second kappa shape index (κ2) is 14.2. The highest BCUT2D eigenvalue weighted by Crippen LogP contribution is 2.32. The van der Waals surface area contributed by atoms with Crippen LogP contribution < -0.4 is 19.1 Å². The van der Waals surface area contributed by atoms with Gasteiger partial charge in [-0.25, -0.2) is 8.42 Å². The Hall–Kier alpha value is -4.05. The van der Waals surface area contributed by atoms with Crippen LogP contribution in [0.15, 0.2) is 71.6 Å². The third-order valence-corrected chi connectivity index (χ3v) is 8.64. The van der Waals surface area contributed by atoms with Crippen molar-refractivity contribution in [3.05, 3.63) is 83.4 Å². The number of hydrogen-bond acceptors (Lipinski definition) is 6. The highest BCUT2D eigenvalue weighted by atomic mass is 32.2. The van der Waals surface area contributed by atoms with Crippen LogP contribution >= 0.6 is 0 Å². The molecule has 1 N–H and O–H groups in total. The minimum absolute atomic E-state index is 0.0682. The highest BCUT2D eigenvalue weighted by molar-refractivity contribution is 7.92. The lowest BCUT2D eigenvalue weighted by Crippen LogP contribution is -2.51. The molecule has 0 aliphatic rings. The van der Waals surface area contributed by atoms with E-state index in [-0.39, 0.29) is 29.0 Å². The van der Waals surface area contributed by atoms with Crippen molar-refractivity contribution < 1.29 is 27.5 Å². The van der Waals surface area contributed by atoms with Gasteiger partial charge in [-0.15, -0.1) is 0 Å². The second-order valence-electron chi connectivity index (χ2n) is 10.7. The van der Waals surface area contributed by atoms with Gasteiger partial charge in [-0.1, -0.05) is 61.4 Å². The largest absolute Gasteiger partial charge is 0.493 e. The molecule has 3 aromatic carbocycles. The van der Waals surface area contributed by atoms with Crippen LogP contribution in [0, 0.1) is 19.8 Å². The van der Waals surface area contributed by atoms with Crippen molar-refractivity contribution in [2.75, 3.05) is 31.6 Å². The van der Waals surface area contributed by atoms with Crippen LogP contribution in [-0.2, 0) is 26.2 Å². The van der Waals surface area contributed by atoms with Crippen LogP contribution in [0.4, 0.5) is 5.69 Å². The average Bonchev–Trinajstić information content (AvgIpc) is 2.97. The van der Waals surface area contributed by atoms with Crippen molar-refractivity contribution in [1.82, 2.24) is 10.2 Å². The molecule has 0 bridgehead atoms. The van der Waals surface area contributed by atoms with E-state index in [9.17, 15) is 18.0 Å². The number of carbonyl (C=O) groups excluding carboxylic acids is 2. The molecule has 3 aromatic rings. The lowest BCUT2D eigenvalue weighted by atomic mass is 10.1. The minimum Gasteiger partial charge on any atom is -0.493 e. The van der Waals surface area contributed by atoms with Gasteiger partial charge in [-0.05, 0) is 56.5 Å². The molecule has 9 nitrogen and oxygen atoms in total. The lowest BCUT2D eigenvalue weighted by molar-refractivity contribution is -0.139. The number of ether oxygens (including phenoxy) is 2. The molecule has 1 atom stereocenters. The van der Waals surface area contributed by atoms with E-state index < -0.39 is 28.5 Å². The van der Waals surface area contributed by atoms with E-state index in [0.717, 1.165) is 21.0 Å². The molecule has 0 fully saturated rings. The molecule has 226 valence electrons. The topological polar surface area (TPSA) is 105 Å². The Balaban J connectivity index is 2.04. The molecule has 0 heterocycles. The summed E-state index contributed by atoms with van der Waals surface area (Å²) in [6.07, 6.45) is 0. The van der Waals surface area contributed by atoms with Gasteiger partial charge in [-0.2, -0.15) is 0 Å². The molecule has 0 spiro atoms. The molecule has 0 radical (unpaired) electrons. The Kier molecular flexibility index (Phi) is 11.0. The van der Waals surface area contributed by atoms with Crippen LogP contribution in [-0.4, -0.2) is 58.5 Å². The number of rotatable bonds is 13. The quantitative estimate of drug-likeness (QED) is 0.307. The Morgan fingerprint density at radius 2 is 1.40 bits per heavy atom. The maximum absolute atomic E-state index is 14.1. The maximum Gasteiger partial charge on any atom is 0.264 e. The van der Waals surface area contributed by atoms with Crippen LogP contribution in [0.5, 0.6) is 11.5 Å². The van der Waals surface area contributed by atoms with Gasteiger partial charge in [0.2, 0.25) is 11.8 Å². The van der Waals surface area contributed by atoms with Crippen molar-refractivity contribution in [2.45, 2.75) is 52.1 Å². The van der Waals surface area contributed by atoms with Crippen molar-refractivity contribution in [2.24, 2.45) is 5.92 Å². The smallest absolute Gasteiger partial charge is 0.264 e. The van der Waals surface area contributed by atoms with Gasteiger partial charge in [-0.3, -0.25) is 13.9 Å². The standard InChI is InChI=1S/C32H41N3O6S/c1-22(2)19-33-32(37)25(5)34(20-26-12-8-23(3)9-13-26)31(36)21-35(27-14-10-24(4)11-15-27)42(38,39)28-16-17-29(40-6)30(18-28)41-7/h8-18,22,25H,19-21H2,1-7H3,(H,33,37)/t25-/m1/s1. The van der Waals surface area contributed by atoms with Gasteiger partial charge < -0.3 is 19.7 Å². The highest BCUT2D eigenvalue weighted by Gasteiger charge is 2.33. The van der Waals surface area contributed by atoms with E-state index in [0.29, 0.717) is 18.0 Å². The normalized spacial score (nSPS) is 12.0. The fourth-order valence-corrected chi connectivity index (χ4v) is 5.70. The third kappa shape index (κ3) is 8.03. The third-order valence-electron chi connectivity index (χ3n) is 6.87. The van der Waals surface area contributed by atoms with Gasteiger partial charge >= 0.3 is 0 Å². The van der Waals surface area contributed by atoms with Gasteiger partial charge in [0.05, 0.1) is 24.8 Å². The summed E-state index contributed by atoms with van der Waals surface area (Å²) in [5, 5.41) is 2.89. The van der Waals surface area contributed by atoms with E-state index in [2.05, 4.69) is 5.32 Å². The lowest BCUT2D eigenvalue weighted by Gasteiger charge is -2.32. The first-order valence-electron chi connectivity index (χ1n) is 13.8. The second-order valence-corrected chi connectivity index (χ2v) is 12.5. The van der Waals surface area contributed by atoms with Gasteiger partial charge in [0.25, 0.3) is 10.0 Å². The molecule has 42 heavy (non-hydrogen) atoms. The first-order valence-corrected chi connectivity index (χ1v) is 15.3. The summed E-state index contributed by atoms with van der Waals surface area (Å²) in [6, 6.07) is 18.0. The van der Waals surface area contributed by atoms with Crippen molar-refractivity contribution in [3.63, 3.8) is 0 Å². The number of hydrogen-bond donors (Lipinski definition) is 1. The van der Waals surface area contributed by atoms with E-state index in [1.165, 1.54) is 37.3 Å². The Morgan fingerprint density at radius 3 is 1.95 bits per heavy atom. The number of methoxy groups -OCH3 is 2. The van der Waals surface area contributed by atoms with E-state index in [4.69, 9.17) is 9.47 Å². The zero-order valence-electron chi connectivity index (χ0n) is 25.4. The summed E-state index contributed by atoms with van der Waals surface area (Å²) in [5.41, 5.74) is 3.13. The Morgan fingerprint density at radius 1 is 0.833 bits per heavy atom. The van der Waals surface area contributed by atoms with Gasteiger partial charge in [0, 0.05) is 19.2 Å². The summed E-state index contributed by atoms with van der Waals surface area (Å²) in [5.74, 6) is 0.0115. The zero-order chi connectivity index (χ0) is 31.0. The number of anilines is 1. The van der Waals surface area contributed by atoms with Gasteiger partial charge in [0.15, 0.2) is 11.5 Å². The summed E-state index contributed by atoms with van der Waals surface area (Å²) >= 11 is 0. The molecular formula is C32H41N3O6S. The number of amides is 2. The van der Waals surface area contributed by atoms with Crippen molar-refractivity contribution in [1.29, 1.82) is 0 Å². The molecule has 0 aliphatic heterocycles. The number of sulfonamides is 1.